The Bertz CT molecular complexity index is 558. The molecule has 7 heteroatoms. The van der Waals surface area contributed by atoms with Crippen molar-refractivity contribution in [2.75, 3.05) is 19.5 Å². The molecule has 0 radical (unpaired) electrons. The van der Waals surface area contributed by atoms with Crippen molar-refractivity contribution < 1.29 is 23.8 Å². The fourth-order valence-electron chi connectivity index (χ4n) is 1.43. The molecule has 114 valence electrons. The van der Waals surface area contributed by atoms with Crippen LogP contribution in [0.1, 0.15) is 6.92 Å². The SMILES string of the molecule is C=C(C)C(OC(=O)Nc1ccc(OC)cc1Cl)C(=O)OC. The van der Waals surface area contributed by atoms with Crippen LogP contribution in [0.25, 0.3) is 0 Å². The highest BCUT2D eigenvalue weighted by atomic mass is 35.5. The van der Waals surface area contributed by atoms with Crippen LogP contribution in [0.5, 0.6) is 5.75 Å². The Kier molecular flexibility index (Phi) is 6.05. The molecule has 0 spiro atoms. The van der Waals surface area contributed by atoms with Crippen molar-refractivity contribution in [3.05, 3.63) is 35.4 Å². The second-order valence-electron chi connectivity index (χ2n) is 4.13. The van der Waals surface area contributed by atoms with Gasteiger partial charge in [-0.2, -0.15) is 0 Å². The van der Waals surface area contributed by atoms with Crippen molar-refractivity contribution in [3.63, 3.8) is 0 Å². The highest BCUT2D eigenvalue weighted by molar-refractivity contribution is 6.33. The summed E-state index contributed by atoms with van der Waals surface area (Å²) in [6.07, 6.45) is -2.02. The molecule has 1 atom stereocenters. The van der Waals surface area contributed by atoms with E-state index in [1.54, 1.807) is 19.1 Å². The summed E-state index contributed by atoms with van der Waals surface area (Å²) in [5.41, 5.74) is 0.672. The fourth-order valence-corrected chi connectivity index (χ4v) is 1.65. The van der Waals surface area contributed by atoms with E-state index in [2.05, 4.69) is 16.6 Å². The maximum absolute atomic E-state index is 11.8. The number of esters is 1. The number of hydrogen-bond donors (Lipinski definition) is 1. The summed E-state index contributed by atoms with van der Waals surface area (Å²) < 4.78 is 14.5. The highest BCUT2D eigenvalue weighted by Gasteiger charge is 2.24. The van der Waals surface area contributed by atoms with Gasteiger partial charge in [-0.1, -0.05) is 18.2 Å². The molecule has 0 aliphatic carbocycles. The summed E-state index contributed by atoms with van der Waals surface area (Å²) in [7, 11) is 2.70. The number of carbonyl (C=O) groups is 2. The number of rotatable bonds is 5. The van der Waals surface area contributed by atoms with Gasteiger partial charge < -0.3 is 14.2 Å². The Labute approximate surface area is 127 Å². The molecule has 1 unspecified atom stereocenters. The summed E-state index contributed by atoms with van der Waals surface area (Å²) in [6, 6.07) is 4.71. The zero-order valence-electron chi connectivity index (χ0n) is 11.9. The Morgan fingerprint density at radius 2 is 2.00 bits per heavy atom. The third kappa shape index (κ3) is 4.68. The Hall–Kier alpha value is -2.21. The molecule has 0 bridgehead atoms. The number of amides is 1. The average Bonchev–Trinajstić information content (AvgIpc) is 2.45. The molecule has 1 aromatic rings. The van der Waals surface area contributed by atoms with Crippen LogP contribution in [0.4, 0.5) is 10.5 Å². The van der Waals surface area contributed by atoms with Crippen LogP contribution in [0.2, 0.25) is 5.02 Å². The van der Waals surface area contributed by atoms with E-state index in [9.17, 15) is 9.59 Å². The number of ether oxygens (including phenoxy) is 3. The lowest BCUT2D eigenvalue weighted by atomic mass is 10.2. The minimum atomic E-state index is -1.17. The number of anilines is 1. The van der Waals surface area contributed by atoms with Gasteiger partial charge in [-0.25, -0.2) is 9.59 Å². The molecule has 0 saturated carbocycles. The van der Waals surface area contributed by atoms with Crippen LogP contribution in [0.15, 0.2) is 30.4 Å². The molecule has 0 saturated heterocycles. The summed E-state index contributed by atoms with van der Waals surface area (Å²) in [5.74, 6) is -0.160. The lowest BCUT2D eigenvalue weighted by Crippen LogP contribution is -2.31. The monoisotopic (exact) mass is 313 g/mol. The van der Waals surface area contributed by atoms with Crippen molar-refractivity contribution in [1.29, 1.82) is 0 Å². The molecule has 1 amide bonds. The Balaban J connectivity index is 2.77. The molecule has 0 heterocycles. The van der Waals surface area contributed by atoms with E-state index in [0.717, 1.165) is 0 Å². The Morgan fingerprint density at radius 3 is 2.48 bits per heavy atom. The van der Waals surface area contributed by atoms with Gasteiger partial charge in [0.2, 0.25) is 6.10 Å². The van der Waals surface area contributed by atoms with E-state index in [0.29, 0.717) is 17.0 Å². The number of carbonyl (C=O) groups excluding carboxylic acids is 2. The van der Waals surface area contributed by atoms with Crippen molar-refractivity contribution >= 4 is 29.4 Å². The Morgan fingerprint density at radius 1 is 1.33 bits per heavy atom. The van der Waals surface area contributed by atoms with Gasteiger partial charge in [0.05, 0.1) is 24.9 Å². The first-order valence-electron chi connectivity index (χ1n) is 5.93. The van der Waals surface area contributed by atoms with Crippen molar-refractivity contribution in [2.24, 2.45) is 0 Å². The number of halogens is 1. The first-order chi connectivity index (χ1) is 9.88. The molecule has 0 aliphatic heterocycles. The molecular formula is C14H16ClNO5. The van der Waals surface area contributed by atoms with Crippen LogP contribution < -0.4 is 10.1 Å². The number of hydrogen-bond acceptors (Lipinski definition) is 5. The summed E-state index contributed by atoms with van der Waals surface area (Å²) in [4.78, 5) is 23.2. The highest BCUT2D eigenvalue weighted by Crippen LogP contribution is 2.26. The lowest BCUT2D eigenvalue weighted by molar-refractivity contribution is -0.148. The fraction of sp³-hybridized carbons (Fsp3) is 0.286. The van der Waals surface area contributed by atoms with Gasteiger partial charge in [0.1, 0.15) is 5.75 Å². The van der Waals surface area contributed by atoms with E-state index >= 15 is 0 Å². The smallest absolute Gasteiger partial charge is 0.412 e. The third-order valence-electron chi connectivity index (χ3n) is 2.50. The van der Waals surface area contributed by atoms with Crippen molar-refractivity contribution in [3.8, 4) is 5.75 Å². The maximum Gasteiger partial charge on any atom is 0.412 e. The number of nitrogens with one attached hydrogen (secondary N) is 1. The largest absolute Gasteiger partial charge is 0.497 e. The minimum absolute atomic E-state index is 0.274. The molecular weight excluding hydrogens is 298 g/mol. The van der Waals surface area contributed by atoms with E-state index < -0.39 is 18.2 Å². The van der Waals surface area contributed by atoms with E-state index in [4.69, 9.17) is 21.1 Å². The molecule has 1 N–H and O–H groups in total. The molecule has 0 fully saturated rings. The normalized spacial score (nSPS) is 11.2. The second-order valence-corrected chi connectivity index (χ2v) is 4.53. The van der Waals surface area contributed by atoms with Crippen molar-refractivity contribution in [2.45, 2.75) is 13.0 Å². The van der Waals surface area contributed by atoms with Gasteiger partial charge in [-0.15, -0.1) is 0 Å². The molecule has 0 aromatic heterocycles. The predicted molar refractivity (Wildman–Crippen MR) is 78.7 cm³/mol. The molecule has 1 rings (SSSR count). The minimum Gasteiger partial charge on any atom is -0.497 e. The van der Waals surface area contributed by atoms with E-state index in [-0.39, 0.29) is 5.02 Å². The van der Waals surface area contributed by atoms with Crippen LogP contribution in [0, 0.1) is 0 Å². The van der Waals surface area contributed by atoms with Crippen molar-refractivity contribution in [1.82, 2.24) is 0 Å². The first-order valence-corrected chi connectivity index (χ1v) is 6.31. The maximum atomic E-state index is 11.8. The zero-order valence-corrected chi connectivity index (χ0v) is 12.7. The predicted octanol–water partition coefficient (Wildman–Crippen LogP) is 3.01. The van der Waals surface area contributed by atoms with Crippen LogP contribution >= 0.6 is 11.6 Å². The second kappa shape index (κ2) is 7.54. The first kappa shape index (κ1) is 16.8. The van der Waals surface area contributed by atoms with Gasteiger partial charge >= 0.3 is 12.1 Å². The van der Waals surface area contributed by atoms with E-state index in [1.807, 2.05) is 0 Å². The van der Waals surface area contributed by atoms with Crippen LogP contribution in [-0.4, -0.2) is 32.4 Å². The molecule has 21 heavy (non-hydrogen) atoms. The third-order valence-corrected chi connectivity index (χ3v) is 2.81. The zero-order chi connectivity index (χ0) is 16.0. The molecule has 6 nitrogen and oxygen atoms in total. The van der Waals surface area contributed by atoms with Gasteiger partial charge in [-0.3, -0.25) is 5.32 Å². The van der Waals surface area contributed by atoms with Crippen LogP contribution in [0.3, 0.4) is 0 Å². The molecule has 0 aliphatic rings. The number of benzene rings is 1. The van der Waals surface area contributed by atoms with Crippen LogP contribution in [-0.2, 0) is 14.3 Å². The van der Waals surface area contributed by atoms with Gasteiger partial charge in [0.25, 0.3) is 0 Å². The lowest BCUT2D eigenvalue weighted by Gasteiger charge is -2.16. The van der Waals surface area contributed by atoms with E-state index in [1.165, 1.54) is 20.3 Å². The average molecular weight is 314 g/mol. The molecule has 1 aromatic carbocycles. The summed E-state index contributed by atoms with van der Waals surface area (Å²) in [5, 5.41) is 2.70. The quantitative estimate of drug-likeness (QED) is 0.668. The summed E-state index contributed by atoms with van der Waals surface area (Å²) >= 11 is 5.98. The van der Waals surface area contributed by atoms with Gasteiger partial charge in [0.15, 0.2) is 0 Å². The summed E-state index contributed by atoms with van der Waals surface area (Å²) in [6.45, 7) is 5.13. The van der Waals surface area contributed by atoms with Gasteiger partial charge in [0, 0.05) is 6.07 Å². The number of methoxy groups -OCH3 is 2. The topological polar surface area (TPSA) is 73.9 Å². The standard InChI is InChI=1S/C14H16ClNO5/c1-8(2)12(13(17)20-4)21-14(18)16-11-6-5-9(19-3)7-10(11)15/h5-7,12H,1H2,2-4H3,(H,16,18). The van der Waals surface area contributed by atoms with Gasteiger partial charge in [-0.05, 0) is 24.6 Å².